The molecule has 2 N–H and O–H groups in total. The molecule has 24 heavy (non-hydrogen) atoms. The number of unbranched alkanes of at least 4 members (excludes halogenated alkanes) is 1. The van der Waals surface area contributed by atoms with Crippen LogP contribution in [0.3, 0.4) is 0 Å². The molecular weight excluding hydrogens is 298 g/mol. The maximum absolute atomic E-state index is 4.69. The number of imidazole rings is 1. The van der Waals surface area contributed by atoms with Gasteiger partial charge in [-0.1, -0.05) is 24.3 Å². The molecule has 0 aliphatic heterocycles. The fourth-order valence-electron chi connectivity index (χ4n) is 2.55. The van der Waals surface area contributed by atoms with Crippen LogP contribution >= 0.6 is 0 Å². The maximum Gasteiger partial charge on any atom is 0.191 e. The molecule has 130 valence electrons. The lowest BCUT2D eigenvalue weighted by Crippen LogP contribution is -2.37. The number of rotatable bonds is 8. The Morgan fingerprint density at radius 1 is 1.17 bits per heavy atom. The van der Waals surface area contributed by atoms with E-state index in [0.29, 0.717) is 6.54 Å². The number of benzene rings is 1. The summed E-state index contributed by atoms with van der Waals surface area (Å²) >= 11 is 0. The van der Waals surface area contributed by atoms with Gasteiger partial charge in [0.15, 0.2) is 5.96 Å². The average Bonchev–Trinajstić information content (AvgIpc) is 2.98. The lowest BCUT2D eigenvalue weighted by atomic mass is 10.1. The van der Waals surface area contributed by atoms with Crippen molar-refractivity contribution in [2.75, 3.05) is 13.1 Å². The molecule has 0 saturated heterocycles. The van der Waals surface area contributed by atoms with Gasteiger partial charge >= 0.3 is 0 Å². The summed E-state index contributed by atoms with van der Waals surface area (Å²) < 4.78 is 2.19. The highest BCUT2D eigenvalue weighted by atomic mass is 15.2. The van der Waals surface area contributed by atoms with E-state index in [4.69, 9.17) is 0 Å². The van der Waals surface area contributed by atoms with Crippen molar-refractivity contribution in [2.24, 2.45) is 4.99 Å². The van der Waals surface area contributed by atoms with E-state index in [1.54, 1.807) is 0 Å². The Labute approximate surface area is 145 Å². The van der Waals surface area contributed by atoms with Crippen LogP contribution in [0.25, 0.3) is 0 Å². The van der Waals surface area contributed by atoms with E-state index in [1.165, 1.54) is 11.1 Å². The van der Waals surface area contributed by atoms with E-state index in [2.05, 4.69) is 63.3 Å². The number of nitrogens with one attached hydrogen (secondary N) is 2. The van der Waals surface area contributed by atoms with Crippen molar-refractivity contribution in [3.63, 3.8) is 0 Å². The molecule has 0 aliphatic carbocycles. The van der Waals surface area contributed by atoms with Crippen LogP contribution in [0.2, 0.25) is 0 Å². The molecule has 5 heteroatoms. The van der Waals surface area contributed by atoms with Crippen LogP contribution < -0.4 is 10.6 Å². The molecule has 0 aliphatic rings. The van der Waals surface area contributed by atoms with E-state index >= 15 is 0 Å². The topological polar surface area (TPSA) is 54.2 Å². The summed E-state index contributed by atoms with van der Waals surface area (Å²) in [6, 6.07) is 8.39. The Balaban J connectivity index is 1.75. The van der Waals surface area contributed by atoms with Crippen molar-refractivity contribution in [3.05, 3.63) is 53.6 Å². The summed E-state index contributed by atoms with van der Waals surface area (Å²) in [5.41, 5.74) is 2.55. The minimum Gasteiger partial charge on any atom is -0.357 e. The third kappa shape index (κ3) is 5.72. The van der Waals surface area contributed by atoms with Gasteiger partial charge in [-0.2, -0.15) is 0 Å². The molecule has 0 unspecified atom stereocenters. The highest BCUT2D eigenvalue weighted by molar-refractivity contribution is 5.79. The van der Waals surface area contributed by atoms with Crippen LogP contribution in [0.1, 0.15) is 36.7 Å². The predicted octanol–water partition coefficient (Wildman–Crippen LogP) is 3.04. The summed E-state index contributed by atoms with van der Waals surface area (Å²) in [5, 5.41) is 6.73. The predicted molar refractivity (Wildman–Crippen MR) is 100 cm³/mol. The second kappa shape index (κ2) is 9.75. The van der Waals surface area contributed by atoms with Gasteiger partial charge in [-0.05, 0) is 44.7 Å². The highest BCUT2D eigenvalue weighted by Gasteiger charge is 2.00. The molecular formula is C19H29N5. The van der Waals surface area contributed by atoms with Gasteiger partial charge in [-0.15, -0.1) is 0 Å². The first-order valence-corrected chi connectivity index (χ1v) is 8.75. The molecule has 1 aromatic carbocycles. The van der Waals surface area contributed by atoms with E-state index < -0.39 is 0 Å². The van der Waals surface area contributed by atoms with Crippen molar-refractivity contribution in [2.45, 2.75) is 46.7 Å². The zero-order valence-electron chi connectivity index (χ0n) is 15.0. The summed E-state index contributed by atoms with van der Waals surface area (Å²) in [6.07, 6.45) is 6.12. The number of nitrogens with zero attached hydrogens (tertiary/aromatic N) is 3. The Bertz CT molecular complexity index is 645. The lowest BCUT2D eigenvalue weighted by Gasteiger charge is -2.12. The van der Waals surface area contributed by atoms with Gasteiger partial charge in [-0.25, -0.2) is 9.98 Å². The quantitative estimate of drug-likeness (QED) is 0.445. The van der Waals surface area contributed by atoms with Gasteiger partial charge in [0.05, 0.1) is 6.54 Å². The molecule has 0 bridgehead atoms. The fourth-order valence-corrected chi connectivity index (χ4v) is 2.55. The van der Waals surface area contributed by atoms with E-state index in [9.17, 15) is 0 Å². The Morgan fingerprint density at radius 3 is 2.71 bits per heavy atom. The van der Waals surface area contributed by atoms with Crippen molar-refractivity contribution >= 4 is 5.96 Å². The molecule has 0 radical (unpaired) electrons. The number of hydrogen-bond acceptors (Lipinski definition) is 2. The Kier molecular flexibility index (Phi) is 7.33. The first-order chi connectivity index (χ1) is 11.7. The lowest BCUT2D eigenvalue weighted by molar-refractivity contribution is 0.588. The number of aromatic nitrogens is 2. The van der Waals surface area contributed by atoms with E-state index in [0.717, 1.165) is 44.3 Å². The molecule has 2 rings (SSSR count). The first kappa shape index (κ1) is 18.0. The van der Waals surface area contributed by atoms with Gasteiger partial charge in [0.1, 0.15) is 5.82 Å². The van der Waals surface area contributed by atoms with Gasteiger partial charge < -0.3 is 15.2 Å². The van der Waals surface area contributed by atoms with E-state index in [1.807, 2.05) is 19.3 Å². The van der Waals surface area contributed by atoms with Gasteiger partial charge in [0.25, 0.3) is 0 Å². The van der Waals surface area contributed by atoms with Crippen LogP contribution in [0, 0.1) is 13.8 Å². The van der Waals surface area contributed by atoms with Crippen molar-refractivity contribution in [1.29, 1.82) is 0 Å². The molecule has 1 aromatic heterocycles. The summed E-state index contributed by atoms with van der Waals surface area (Å²) in [5.74, 6) is 1.97. The Hall–Kier alpha value is -2.30. The second-order valence-electron chi connectivity index (χ2n) is 5.92. The SMILES string of the molecule is CCNC(=NCc1ccccc1C)NCCCCn1ccnc1C. The zero-order valence-corrected chi connectivity index (χ0v) is 15.0. The molecule has 2 aromatic rings. The van der Waals surface area contributed by atoms with Crippen molar-refractivity contribution in [3.8, 4) is 0 Å². The number of aliphatic imine (C=N–C) groups is 1. The summed E-state index contributed by atoms with van der Waals surface area (Å²) in [6.45, 7) is 9.78. The molecule has 0 amide bonds. The molecule has 5 nitrogen and oxygen atoms in total. The van der Waals surface area contributed by atoms with Crippen LogP contribution in [0.15, 0.2) is 41.7 Å². The third-order valence-electron chi connectivity index (χ3n) is 4.05. The fraction of sp³-hybridized carbons (Fsp3) is 0.474. The minimum absolute atomic E-state index is 0.705. The van der Waals surface area contributed by atoms with Crippen LogP contribution in [-0.2, 0) is 13.1 Å². The van der Waals surface area contributed by atoms with Crippen molar-refractivity contribution in [1.82, 2.24) is 20.2 Å². The summed E-state index contributed by atoms with van der Waals surface area (Å²) in [7, 11) is 0. The van der Waals surface area contributed by atoms with Crippen LogP contribution in [0.4, 0.5) is 0 Å². The molecule has 0 atom stereocenters. The molecule has 0 saturated carbocycles. The van der Waals surface area contributed by atoms with Crippen LogP contribution in [-0.4, -0.2) is 28.6 Å². The minimum atomic E-state index is 0.705. The number of aryl methyl sites for hydroxylation is 3. The second-order valence-corrected chi connectivity index (χ2v) is 5.92. The van der Waals surface area contributed by atoms with E-state index in [-0.39, 0.29) is 0 Å². The largest absolute Gasteiger partial charge is 0.357 e. The van der Waals surface area contributed by atoms with Gasteiger partial charge in [0, 0.05) is 32.0 Å². The number of hydrogen-bond donors (Lipinski definition) is 2. The third-order valence-corrected chi connectivity index (χ3v) is 4.05. The maximum atomic E-state index is 4.69. The zero-order chi connectivity index (χ0) is 17.2. The smallest absolute Gasteiger partial charge is 0.191 e. The molecule has 0 spiro atoms. The Morgan fingerprint density at radius 2 is 2.00 bits per heavy atom. The average molecular weight is 327 g/mol. The van der Waals surface area contributed by atoms with Gasteiger partial charge in [0.2, 0.25) is 0 Å². The number of guanidine groups is 1. The standard InChI is InChI=1S/C19H29N5/c1-4-20-19(23-15-18-10-6-5-9-16(18)2)22-11-7-8-13-24-14-12-21-17(24)3/h5-6,9-10,12,14H,4,7-8,11,13,15H2,1-3H3,(H2,20,22,23). The highest BCUT2D eigenvalue weighted by Crippen LogP contribution is 2.07. The van der Waals surface area contributed by atoms with Crippen LogP contribution in [0.5, 0.6) is 0 Å². The van der Waals surface area contributed by atoms with Crippen molar-refractivity contribution < 1.29 is 0 Å². The normalized spacial score (nSPS) is 11.5. The monoisotopic (exact) mass is 327 g/mol. The first-order valence-electron chi connectivity index (χ1n) is 8.75. The summed E-state index contributed by atoms with van der Waals surface area (Å²) in [4.78, 5) is 8.93. The molecule has 0 fully saturated rings. The molecule has 1 heterocycles. The van der Waals surface area contributed by atoms with Gasteiger partial charge in [-0.3, -0.25) is 0 Å².